The van der Waals surface area contributed by atoms with Crippen LogP contribution >= 0.6 is 0 Å². The maximum absolute atomic E-state index is 12.9. The molecule has 2 bridgehead atoms. The first-order valence-electron chi connectivity index (χ1n) is 10.6. The molecule has 1 aromatic rings. The molecule has 0 aromatic heterocycles. The predicted octanol–water partition coefficient (Wildman–Crippen LogP) is 1.16. The first-order chi connectivity index (χ1) is 13.3. The van der Waals surface area contributed by atoms with Crippen molar-refractivity contribution in [2.24, 2.45) is 5.92 Å². The molecule has 3 aliphatic carbocycles. The molecule has 3 fully saturated rings. The number of ether oxygens (including phenoxy) is 1. The summed E-state index contributed by atoms with van der Waals surface area (Å²) in [6.07, 6.45) is 4.02. The maximum atomic E-state index is 12.9. The molecule has 5 atom stereocenters. The summed E-state index contributed by atoms with van der Waals surface area (Å²) in [6.45, 7) is 1.65. The van der Waals surface area contributed by atoms with E-state index in [9.17, 15) is 20.1 Å². The molecule has 0 radical (unpaired) electrons. The number of likely N-dealkylation sites (N-methyl/N-ethyl adjacent to an activating group) is 1. The average molecular weight is 386 g/mol. The second kappa shape index (κ2) is 5.10. The average Bonchev–Trinajstić information content (AvgIpc) is 3.38. The number of rotatable bonds is 3. The highest BCUT2D eigenvalue weighted by Gasteiger charge is 2.76. The molecule has 0 amide bonds. The Kier molecular flexibility index (Phi) is 3.14. The molecule has 2 saturated carbocycles. The number of phenols is 1. The third-order valence-corrected chi connectivity index (χ3v) is 8.65. The summed E-state index contributed by atoms with van der Waals surface area (Å²) in [5.41, 5.74) is 0.488. The Morgan fingerprint density at radius 2 is 2.11 bits per heavy atom. The maximum Gasteiger partial charge on any atom is 0.174 e. The number of aromatic hydroxyl groups is 1. The van der Waals surface area contributed by atoms with Crippen molar-refractivity contribution in [1.82, 2.24) is 0 Å². The smallest absolute Gasteiger partial charge is 0.174 e. The molecule has 28 heavy (non-hydrogen) atoms. The van der Waals surface area contributed by atoms with Crippen molar-refractivity contribution in [1.29, 1.82) is 0 Å². The van der Waals surface area contributed by atoms with E-state index in [1.165, 1.54) is 12.8 Å². The van der Waals surface area contributed by atoms with Crippen LogP contribution in [0.4, 0.5) is 0 Å². The van der Waals surface area contributed by atoms with Crippen LogP contribution in [0.25, 0.3) is 0 Å². The summed E-state index contributed by atoms with van der Waals surface area (Å²) in [4.78, 5) is 12.9. The molecular weight excluding hydrogens is 358 g/mol. The molecule has 2 aliphatic heterocycles. The van der Waals surface area contributed by atoms with E-state index in [0.717, 1.165) is 34.6 Å². The number of benzene rings is 1. The van der Waals surface area contributed by atoms with Crippen molar-refractivity contribution >= 4 is 5.78 Å². The number of hydrogen-bond acceptors (Lipinski definition) is 5. The van der Waals surface area contributed by atoms with Gasteiger partial charge in [0.05, 0.1) is 37.7 Å². The van der Waals surface area contributed by atoms with E-state index in [1.54, 1.807) is 6.07 Å². The van der Waals surface area contributed by atoms with Crippen LogP contribution in [0.2, 0.25) is 0 Å². The Balaban J connectivity index is 1.61. The van der Waals surface area contributed by atoms with Crippen LogP contribution < -0.4 is 4.74 Å². The molecule has 6 nitrogen and oxygen atoms in total. The Bertz CT molecular complexity index is 911. The minimum atomic E-state index is -0.991. The summed E-state index contributed by atoms with van der Waals surface area (Å²) in [5, 5.41) is 32.6. The van der Waals surface area contributed by atoms with Crippen molar-refractivity contribution in [3.05, 3.63) is 22.8 Å². The number of aliphatic hydroxyl groups excluding tert-OH is 1. The third-order valence-electron chi connectivity index (χ3n) is 8.65. The van der Waals surface area contributed by atoms with Crippen LogP contribution in [0.1, 0.15) is 48.8 Å². The molecule has 150 valence electrons. The second-order valence-electron chi connectivity index (χ2n) is 10.1. The zero-order chi connectivity index (χ0) is 19.5. The first-order valence-corrected chi connectivity index (χ1v) is 10.6. The summed E-state index contributed by atoms with van der Waals surface area (Å²) >= 11 is 0. The first kappa shape index (κ1) is 17.2. The largest absolute Gasteiger partial charge is 0.507 e. The third kappa shape index (κ3) is 1.78. The summed E-state index contributed by atoms with van der Waals surface area (Å²) < 4.78 is 7.02. The normalized spacial score (nSPS) is 42.9. The van der Waals surface area contributed by atoms with Gasteiger partial charge < -0.3 is 24.5 Å². The van der Waals surface area contributed by atoms with E-state index in [2.05, 4.69) is 7.05 Å². The summed E-state index contributed by atoms with van der Waals surface area (Å²) in [7, 11) is 2.27. The van der Waals surface area contributed by atoms with Gasteiger partial charge in [-0.25, -0.2) is 0 Å². The van der Waals surface area contributed by atoms with Crippen LogP contribution in [0.15, 0.2) is 6.07 Å². The van der Waals surface area contributed by atoms with Gasteiger partial charge in [0.2, 0.25) is 0 Å². The minimum Gasteiger partial charge on any atom is -0.507 e. The quantitative estimate of drug-likeness (QED) is 0.679. The Morgan fingerprint density at radius 3 is 2.82 bits per heavy atom. The standard InChI is InChI=1S/C22H27NO5/c1-23(10-12-2-3-12)7-6-21-18-13-8-16(26)14(11-24)19(18)28-20(21)15(25)4-5-22(21,27)17(23)9-13/h8,12,17,20,24,27H,2-7,9-11H2,1H3/p+1/t17-,20+,21+,22-,23?/m1/s1. The number of likely N-dealkylation sites (tertiary alicyclic amines) is 1. The van der Waals surface area contributed by atoms with Crippen molar-refractivity contribution in [3.63, 3.8) is 0 Å². The van der Waals surface area contributed by atoms with Crippen LogP contribution in [0, 0.1) is 5.92 Å². The Labute approximate surface area is 164 Å². The number of hydrogen-bond donors (Lipinski definition) is 3. The van der Waals surface area contributed by atoms with E-state index in [0.29, 0.717) is 37.0 Å². The zero-order valence-electron chi connectivity index (χ0n) is 16.3. The second-order valence-corrected chi connectivity index (χ2v) is 10.1. The summed E-state index contributed by atoms with van der Waals surface area (Å²) in [5.74, 6) is 1.26. The fourth-order valence-corrected chi connectivity index (χ4v) is 7.22. The van der Waals surface area contributed by atoms with Crippen LogP contribution in [0.5, 0.6) is 11.5 Å². The SMILES string of the molecule is C[N+]1(CC2CC2)CC[C@]23c4c5cc(O)c(CO)c4O[C@H]2C(=O)CC[C@@]3(O)[C@H]1C5. The van der Waals surface area contributed by atoms with Crippen molar-refractivity contribution in [2.75, 3.05) is 20.1 Å². The van der Waals surface area contributed by atoms with Gasteiger partial charge in [-0.15, -0.1) is 0 Å². The predicted molar refractivity (Wildman–Crippen MR) is 100 cm³/mol. The molecule has 3 N–H and O–H groups in total. The van der Waals surface area contributed by atoms with Gasteiger partial charge in [-0.1, -0.05) is 0 Å². The van der Waals surface area contributed by atoms with Crippen molar-refractivity contribution in [3.8, 4) is 11.5 Å². The fraction of sp³-hybridized carbons (Fsp3) is 0.682. The number of carbonyl (C=O) groups is 1. The van der Waals surface area contributed by atoms with Crippen LogP contribution in [-0.4, -0.2) is 63.5 Å². The number of Topliss-reactive ketones (excluding diaryl/α,β-unsaturated/α-hetero) is 1. The van der Waals surface area contributed by atoms with Crippen molar-refractivity contribution in [2.45, 2.75) is 68.3 Å². The van der Waals surface area contributed by atoms with Gasteiger partial charge in [0, 0.05) is 30.7 Å². The molecule has 1 unspecified atom stereocenters. The number of nitrogens with zero attached hydrogens (tertiary/aromatic N) is 1. The lowest BCUT2D eigenvalue weighted by Gasteiger charge is -2.64. The minimum absolute atomic E-state index is 0.00104. The lowest BCUT2D eigenvalue weighted by molar-refractivity contribution is -0.950. The van der Waals surface area contributed by atoms with Crippen LogP contribution in [-0.2, 0) is 23.2 Å². The van der Waals surface area contributed by atoms with Gasteiger partial charge in [-0.05, 0) is 30.9 Å². The highest BCUT2D eigenvalue weighted by atomic mass is 16.5. The van der Waals surface area contributed by atoms with Crippen molar-refractivity contribution < 1.29 is 29.3 Å². The van der Waals surface area contributed by atoms with Gasteiger partial charge in [-0.3, -0.25) is 4.79 Å². The van der Waals surface area contributed by atoms with E-state index < -0.39 is 17.1 Å². The molecule has 1 aromatic carbocycles. The molecule has 6 heteroatoms. The van der Waals surface area contributed by atoms with Gasteiger partial charge in [0.15, 0.2) is 11.9 Å². The van der Waals surface area contributed by atoms with E-state index in [1.807, 2.05) is 0 Å². The van der Waals surface area contributed by atoms with E-state index in [4.69, 9.17) is 4.74 Å². The molecule has 1 spiro atoms. The summed E-state index contributed by atoms with van der Waals surface area (Å²) in [6, 6.07) is 1.75. The lowest BCUT2D eigenvalue weighted by Crippen LogP contribution is -2.80. The Morgan fingerprint density at radius 1 is 1.32 bits per heavy atom. The van der Waals surface area contributed by atoms with E-state index in [-0.39, 0.29) is 24.2 Å². The van der Waals surface area contributed by atoms with Gasteiger partial charge in [0.25, 0.3) is 0 Å². The monoisotopic (exact) mass is 386 g/mol. The lowest BCUT2D eigenvalue weighted by atomic mass is 9.48. The van der Waals surface area contributed by atoms with Gasteiger partial charge in [-0.2, -0.15) is 0 Å². The van der Waals surface area contributed by atoms with Crippen LogP contribution in [0.3, 0.4) is 0 Å². The van der Waals surface area contributed by atoms with Gasteiger partial charge in [0.1, 0.15) is 23.1 Å². The number of ketones is 1. The zero-order valence-corrected chi connectivity index (χ0v) is 16.3. The number of carbonyl (C=O) groups excluding carboxylic acids is 1. The Hall–Kier alpha value is -1.63. The van der Waals surface area contributed by atoms with Gasteiger partial charge >= 0.3 is 0 Å². The topological polar surface area (TPSA) is 87.0 Å². The van der Waals surface area contributed by atoms with E-state index >= 15 is 0 Å². The molecule has 1 saturated heterocycles. The molecule has 6 rings (SSSR count). The molecule has 2 heterocycles. The number of quaternary nitrogens is 1. The molecular formula is C22H28NO5+. The number of piperidine rings is 1. The fourth-order valence-electron chi connectivity index (χ4n) is 7.22. The highest BCUT2D eigenvalue weighted by Crippen LogP contribution is 2.65. The molecule has 5 aliphatic rings. The number of aliphatic hydroxyl groups is 2. The highest BCUT2D eigenvalue weighted by molar-refractivity contribution is 5.90.